The summed E-state index contributed by atoms with van der Waals surface area (Å²) in [4.78, 5) is 65.5. The third kappa shape index (κ3) is 4.62. The number of aliphatic hydroxyl groups is 1. The van der Waals surface area contributed by atoms with Crippen LogP contribution in [0, 0.1) is 28.6 Å². The molecular weight excluding hydrogens is 606 g/mol. The fourth-order valence-electron chi connectivity index (χ4n) is 9.88. The quantitative estimate of drug-likeness (QED) is 0.188. The molecule has 0 unspecified atom stereocenters. The molecule has 4 aliphatic carbocycles. The number of esters is 3. The Kier molecular flexibility index (Phi) is 7.95. The highest BCUT2D eigenvalue weighted by molar-refractivity contribution is 5.98. The number of hydrogen-bond acceptors (Lipinski definition) is 10. The molecule has 11 nitrogen and oxygen atoms in total. The monoisotopic (exact) mass is 653 g/mol. The second-order valence-corrected chi connectivity index (χ2v) is 15.2. The summed E-state index contributed by atoms with van der Waals surface area (Å²) in [5, 5.41) is 13.1. The number of epoxide rings is 1. The van der Waals surface area contributed by atoms with E-state index in [1.165, 1.54) is 17.9 Å². The van der Waals surface area contributed by atoms with Crippen molar-refractivity contribution in [3.8, 4) is 0 Å². The number of ketones is 1. The summed E-state index contributed by atoms with van der Waals surface area (Å²) in [6, 6.07) is 0. The van der Waals surface area contributed by atoms with Crippen LogP contribution in [-0.2, 0) is 42.9 Å². The molecule has 1 amide bonds. The van der Waals surface area contributed by atoms with Crippen LogP contribution in [0.1, 0.15) is 80.1 Å². The zero-order valence-corrected chi connectivity index (χ0v) is 28.6. The first-order chi connectivity index (χ1) is 21.9. The maximum absolute atomic E-state index is 14.0. The molecule has 11 atom stereocenters. The van der Waals surface area contributed by atoms with Crippen LogP contribution in [-0.4, -0.2) is 89.3 Å². The summed E-state index contributed by atoms with van der Waals surface area (Å²) in [7, 11) is 3.24. The lowest BCUT2D eigenvalue weighted by atomic mass is 9.42. The van der Waals surface area contributed by atoms with Crippen LogP contribution < -0.4 is 0 Å². The lowest BCUT2D eigenvalue weighted by molar-refractivity contribution is -0.225. The van der Waals surface area contributed by atoms with Gasteiger partial charge in [-0.2, -0.15) is 0 Å². The number of ether oxygens (including phenoxy) is 4. The van der Waals surface area contributed by atoms with E-state index in [2.05, 4.69) is 0 Å². The van der Waals surface area contributed by atoms with E-state index in [1.54, 1.807) is 27.1 Å². The number of rotatable bonds is 7. The first-order valence-electron chi connectivity index (χ1n) is 16.7. The maximum atomic E-state index is 14.0. The molecule has 2 heterocycles. The molecule has 1 N–H and O–H groups in total. The van der Waals surface area contributed by atoms with Crippen LogP contribution in [0.4, 0.5) is 0 Å². The molecule has 256 valence electrons. The molecule has 47 heavy (non-hydrogen) atoms. The molecule has 0 radical (unpaired) electrons. The number of allylic oxidation sites excluding steroid dienone is 1. The number of carbonyl (C=O) groups is 5. The largest absolute Gasteiger partial charge is 0.458 e. The van der Waals surface area contributed by atoms with E-state index in [1.807, 2.05) is 33.8 Å². The van der Waals surface area contributed by atoms with Crippen molar-refractivity contribution in [1.82, 2.24) is 4.90 Å². The van der Waals surface area contributed by atoms with E-state index in [0.29, 0.717) is 31.3 Å². The zero-order valence-electron chi connectivity index (χ0n) is 28.6. The Labute approximate surface area is 275 Å². The molecule has 1 saturated heterocycles. The fraction of sp³-hybridized carbons (Fsp3) is 0.694. The van der Waals surface area contributed by atoms with Crippen LogP contribution in [0.3, 0.4) is 0 Å². The fourth-order valence-corrected chi connectivity index (χ4v) is 9.88. The van der Waals surface area contributed by atoms with Crippen molar-refractivity contribution in [3.63, 3.8) is 0 Å². The molecule has 6 rings (SSSR count). The SMILES string of the molecule is CC(=O)O[C@H]1C=C([C@H](C)[C@H]2CC(C)=C(C)C(=O)O2)[C@@]2(C)CC[C@H]3[C@@H](C[C@H]4O[C@]45[C@@H](OC(=O)CCC(=O)N(C)C)C=CC(=O)[C@]35C)[C@]12O. The van der Waals surface area contributed by atoms with Gasteiger partial charge < -0.3 is 29.0 Å². The second kappa shape index (κ2) is 11.1. The number of amides is 1. The van der Waals surface area contributed by atoms with E-state index < -0.39 is 64.3 Å². The highest BCUT2D eigenvalue weighted by Gasteiger charge is 2.83. The van der Waals surface area contributed by atoms with Crippen molar-refractivity contribution >= 4 is 29.6 Å². The Balaban J connectivity index is 1.32. The summed E-state index contributed by atoms with van der Waals surface area (Å²) in [6.07, 6.45) is 4.02. The average Bonchev–Trinajstić information content (AvgIpc) is 3.69. The number of cyclic esters (lactones) is 1. The molecule has 1 spiro atoms. The van der Waals surface area contributed by atoms with Crippen LogP contribution in [0.2, 0.25) is 0 Å². The van der Waals surface area contributed by atoms with E-state index in [-0.39, 0.29) is 42.3 Å². The molecule has 0 aromatic rings. The Hall–Kier alpha value is -3.31. The summed E-state index contributed by atoms with van der Waals surface area (Å²) >= 11 is 0. The minimum absolute atomic E-state index is 0.00682. The van der Waals surface area contributed by atoms with Crippen molar-refractivity contribution < 1.29 is 48.0 Å². The van der Waals surface area contributed by atoms with Gasteiger partial charge in [0, 0.05) is 50.8 Å². The Morgan fingerprint density at radius 1 is 1.09 bits per heavy atom. The summed E-state index contributed by atoms with van der Waals surface area (Å²) in [6.45, 7) is 10.8. The smallest absolute Gasteiger partial charge is 0.333 e. The van der Waals surface area contributed by atoms with Gasteiger partial charge in [0.25, 0.3) is 0 Å². The topological polar surface area (TPSA) is 149 Å². The van der Waals surface area contributed by atoms with Gasteiger partial charge in [0.2, 0.25) is 5.91 Å². The van der Waals surface area contributed by atoms with Crippen molar-refractivity contribution in [2.24, 2.45) is 28.6 Å². The summed E-state index contributed by atoms with van der Waals surface area (Å²) < 4.78 is 24.1. The van der Waals surface area contributed by atoms with Gasteiger partial charge in [-0.1, -0.05) is 25.0 Å². The lowest BCUT2D eigenvalue weighted by Gasteiger charge is -2.61. The minimum Gasteiger partial charge on any atom is -0.458 e. The highest BCUT2D eigenvalue weighted by atomic mass is 16.7. The predicted octanol–water partition coefficient (Wildman–Crippen LogP) is 3.38. The number of hydrogen-bond donors (Lipinski definition) is 1. The summed E-state index contributed by atoms with van der Waals surface area (Å²) in [5.41, 5.74) is -2.21. The molecule has 0 bridgehead atoms. The van der Waals surface area contributed by atoms with Gasteiger partial charge in [0.15, 0.2) is 11.9 Å². The standard InChI is InChI=1S/C36H47NO10/c1-18-15-25(45-32(42)19(18)2)20(3)23-16-28(44-21(4)38)35(43)24-17-29-36(47-29)27(46-31(41)12-11-30(40)37(7)8)10-9-26(39)34(36,6)22(24)13-14-33(23,35)5/h9-10,16,20,22,24-25,27-29,43H,11-15,17H2,1-8H3/t20-,22-,24+,25+,27-,28-,29+,33+,34-,35-,36+/m0/s1. The van der Waals surface area contributed by atoms with Crippen molar-refractivity contribution in [2.45, 2.75) is 116 Å². The van der Waals surface area contributed by atoms with Crippen molar-refractivity contribution in [3.05, 3.63) is 34.9 Å². The average molecular weight is 654 g/mol. The van der Waals surface area contributed by atoms with Crippen LogP contribution >= 0.6 is 0 Å². The van der Waals surface area contributed by atoms with Gasteiger partial charge in [-0.25, -0.2) is 4.79 Å². The van der Waals surface area contributed by atoms with Crippen LogP contribution in [0.15, 0.2) is 34.9 Å². The molecule has 0 aromatic heterocycles. The van der Waals surface area contributed by atoms with Gasteiger partial charge in [0.1, 0.15) is 23.4 Å². The predicted molar refractivity (Wildman–Crippen MR) is 167 cm³/mol. The van der Waals surface area contributed by atoms with Crippen LogP contribution in [0.25, 0.3) is 0 Å². The van der Waals surface area contributed by atoms with E-state index in [9.17, 15) is 29.1 Å². The van der Waals surface area contributed by atoms with Gasteiger partial charge >= 0.3 is 17.9 Å². The van der Waals surface area contributed by atoms with E-state index in [0.717, 1.165) is 11.1 Å². The normalized spacial score (nSPS) is 42.2. The minimum atomic E-state index is -1.58. The molecule has 0 aromatic carbocycles. The number of nitrogens with zero attached hydrogens (tertiary/aromatic N) is 1. The van der Waals surface area contributed by atoms with Gasteiger partial charge in [-0.3, -0.25) is 19.2 Å². The number of carbonyl (C=O) groups excluding carboxylic acids is 5. The van der Waals surface area contributed by atoms with E-state index >= 15 is 0 Å². The summed E-state index contributed by atoms with van der Waals surface area (Å²) in [5.74, 6) is -2.94. The highest BCUT2D eigenvalue weighted by Crippen LogP contribution is 2.74. The number of fused-ring (bicyclic) bond motifs is 4. The third-order valence-corrected chi connectivity index (χ3v) is 12.8. The molecule has 6 aliphatic rings. The second-order valence-electron chi connectivity index (χ2n) is 15.2. The van der Waals surface area contributed by atoms with Crippen LogP contribution in [0.5, 0.6) is 0 Å². The molecule has 2 aliphatic heterocycles. The lowest BCUT2D eigenvalue weighted by Crippen LogP contribution is -2.70. The Morgan fingerprint density at radius 3 is 2.43 bits per heavy atom. The maximum Gasteiger partial charge on any atom is 0.333 e. The molecular formula is C36H47NO10. The molecule has 2 saturated carbocycles. The Bertz CT molecular complexity index is 1530. The van der Waals surface area contributed by atoms with Crippen molar-refractivity contribution in [1.29, 1.82) is 0 Å². The van der Waals surface area contributed by atoms with Gasteiger partial charge in [-0.15, -0.1) is 0 Å². The first-order valence-corrected chi connectivity index (χ1v) is 16.7. The Morgan fingerprint density at radius 2 is 1.79 bits per heavy atom. The zero-order chi connectivity index (χ0) is 34.4. The molecule has 11 heteroatoms. The molecule has 3 fully saturated rings. The first kappa shape index (κ1) is 33.6. The van der Waals surface area contributed by atoms with Crippen molar-refractivity contribution in [2.75, 3.05) is 14.1 Å². The third-order valence-electron chi connectivity index (χ3n) is 12.8. The van der Waals surface area contributed by atoms with E-state index in [4.69, 9.17) is 18.9 Å². The van der Waals surface area contributed by atoms with Gasteiger partial charge in [0.05, 0.1) is 17.9 Å². The van der Waals surface area contributed by atoms with Gasteiger partial charge in [-0.05, 0) is 70.1 Å².